The van der Waals surface area contributed by atoms with E-state index in [9.17, 15) is 0 Å². The molecule has 128 valence electrons. The Labute approximate surface area is 143 Å². The standard InChI is InChI=1S/C20H25NO3/c1-4-14-6-5-7-16(10-14)24-13-18-17-12-20(23-3)19(22-2)11-15(17)8-9-21-18/h5-7,10-12,18,21H,4,8-9,13H2,1-3H3. The van der Waals surface area contributed by atoms with Crippen molar-refractivity contribution < 1.29 is 14.2 Å². The molecule has 0 fully saturated rings. The van der Waals surface area contributed by atoms with Crippen molar-refractivity contribution in [3.63, 3.8) is 0 Å². The van der Waals surface area contributed by atoms with Crippen molar-refractivity contribution in [3.05, 3.63) is 53.1 Å². The number of benzene rings is 2. The highest BCUT2D eigenvalue weighted by Gasteiger charge is 2.23. The van der Waals surface area contributed by atoms with Gasteiger partial charge < -0.3 is 19.5 Å². The summed E-state index contributed by atoms with van der Waals surface area (Å²) in [4.78, 5) is 0. The van der Waals surface area contributed by atoms with E-state index in [1.165, 1.54) is 16.7 Å². The fourth-order valence-corrected chi connectivity index (χ4v) is 3.15. The summed E-state index contributed by atoms with van der Waals surface area (Å²) in [6.07, 6.45) is 2.00. The maximum absolute atomic E-state index is 6.04. The average Bonchev–Trinajstić information content (AvgIpc) is 2.65. The van der Waals surface area contributed by atoms with Crippen LogP contribution in [0.15, 0.2) is 36.4 Å². The predicted molar refractivity (Wildman–Crippen MR) is 95.3 cm³/mol. The SMILES string of the molecule is CCc1cccc(OCC2NCCc3cc(OC)c(OC)cc32)c1. The van der Waals surface area contributed by atoms with Gasteiger partial charge in [-0.05, 0) is 60.3 Å². The zero-order valence-corrected chi connectivity index (χ0v) is 14.6. The number of fused-ring (bicyclic) bond motifs is 1. The first-order chi connectivity index (χ1) is 11.7. The van der Waals surface area contributed by atoms with E-state index in [4.69, 9.17) is 14.2 Å². The molecule has 1 aliphatic heterocycles. The summed E-state index contributed by atoms with van der Waals surface area (Å²) in [5.41, 5.74) is 3.81. The van der Waals surface area contributed by atoms with Gasteiger partial charge in [0, 0.05) is 0 Å². The Bertz CT molecular complexity index is 699. The molecule has 0 amide bonds. The van der Waals surface area contributed by atoms with Crippen LogP contribution in [-0.2, 0) is 12.8 Å². The molecule has 24 heavy (non-hydrogen) atoms. The molecule has 0 bridgehead atoms. The Hall–Kier alpha value is -2.20. The molecule has 1 aliphatic rings. The summed E-state index contributed by atoms with van der Waals surface area (Å²) in [6, 6.07) is 12.6. The van der Waals surface area contributed by atoms with Crippen LogP contribution >= 0.6 is 0 Å². The molecular weight excluding hydrogens is 302 g/mol. The van der Waals surface area contributed by atoms with Gasteiger partial charge in [0.15, 0.2) is 11.5 Å². The van der Waals surface area contributed by atoms with Crippen molar-refractivity contribution in [1.82, 2.24) is 5.32 Å². The van der Waals surface area contributed by atoms with Gasteiger partial charge in [-0.15, -0.1) is 0 Å². The minimum absolute atomic E-state index is 0.152. The highest BCUT2D eigenvalue weighted by atomic mass is 16.5. The topological polar surface area (TPSA) is 39.7 Å². The molecule has 0 radical (unpaired) electrons. The van der Waals surface area contributed by atoms with Gasteiger partial charge >= 0.3 is 0 Å². The lowest BCUT2D eigenvalue weighted by Crippen LogP contribution is -2.33. The molecule has 4 heteroatoms. The smallest absolute Gasteiger partial charge is 0.161 e. The number of hydrogen-bond acceptors (Lipinski definition) is 4. The number of nitrogens with one attached hydrogen (secondary N) is 1. The highest BCUT2D eigenvalue weighted by Crippen LogP contribution is 2.35. The van der Waals surface area contributed by atoms with E-state index in [0.29, 0.717) is 6.61 Å². The van der Waals surface area contributed by atoms with E-state index < -0.39 is 0 Å². The maximum atomic E-state index is 6.04. The fourth-order valence-electron chi connectivity index (χ4n) is 3.15. The molecule has 2 aromatic carbocycles. The van der Waals surface area contributed by atoms with Gasteiger partial charge in [-0.25, -0.2) is 0 Å². The third-order valence-corrected chi connectivity index (χ3v) is 4.53. The summed E-state index contributed by atoms with van der Waals surface area (Å²) >= 11 is 0. The summed E-state index contributed by atoms with van der Waals surface area (Å²) in [6.45, 7) is 3.68. The molecule has 0 aliphatic carbocycles. The van der Waals surface area contributed by atoms with Crippen molar-refractivity contribution in [2.75, 3.05) is 27.4 Å². The summed E-state index contributed by atoms with van der Waals surface area (Å²) in [5, 5.41) is 3.54. The highest BCUT2D eigenvalue weighted by molar-refractivity contribution is 5.49. The predicted octanol–water partition coefficient (Wildman–Crippen LogP) is 3.53. The summed E-state index contributed by atoms with van der Waals surface area (Å²) in [5.74, 6) is 2.47. The second-order valence-corrected chi connectivity index (χ2v) is 5.97. The summed E-state index contributed by atoms with van der Waals surface area (Å²) in [7, 11) is 3.34. The molecule has 3 rings (SSSR count). The first-order valence-corrected chi connectivity index (χ1v) is 8.45. The Kier molecular flexibility index (Phi) is 5.26. The van der Waals surface area contributed by atoms with Gasteiger partial charge in [-0.1, -0.05) is 19.1 Å². The van der Waals surface area contributed by atoms with Crippen molar-refractivity contribution in [2.45, 2.75) is 25.8 Å². The second-order valence-electron chi connectivity index (χ2n) is 5.97. The van der Waals surface area contributed by atoms with Crippen LogP contribution in [0, 0.1) is 0 Å². The van der Waals surface area contributed by atoms with E-state index in [1.807, 2.05) is 12.1 Å². The third-order valence-electron chi connectivity index (χ3n) is 4.53. The molecular formula is C20H25NO3. The van der Waals surface area contributed by atoms with Crippen LogP contribution in [0.5, 0.6) is 17.2 Å². The zero-order valence-electron chi connectivity index (χ0n) is 14.6. The number of rotatable bonds is 6. The molecule has 1 atom stereocenters. The Morgan fingerprint density at radius 3 is 2.62 bits per heavy atom. The van der Waals surface area contributed by atoms with Gasteiger partial charge in [-0.2, -0.15) is 0 Å². The Balaban J connectivity index is 1.78. The van der Waals surface area contributed by atoms with Gasteiger partial charge in [0.25, 0.3) is 0 Å². The quantitative estimate of drug-likeness (QED) is 0.881. The molecule has 0 aromatic heterocycles. The lowest BCUT2D eigenvalue weighted by Gasteiger charge is -2.28. The van der Waals surface area contributed by atoms with Crippen LogP contribution in [0.25, 0.3) is 0 Å². The minimum atomic E-state index is 0.152. The summed E-state index contributed by atoms with van der Waals surface area (Å²) < 4.78 is 16.9. The fraction of sp³-hybridized carbons (Fsp3) is 0.400. The lowest BCUT2D eigenvalue weighted by atomic mass is 9.94. The van der Waals surface area contributed by atoms with Crippen LogP contribution in [-0.4, -0.2) is 27.4 Å². The third kappa shape index (κ3) is 3.49. The molecule has 1 unspecified atom stereocenters. The van der Waals surface area contributed by atoms with Crippen LogP contribution < -0.4 is 19.5 Å². The molecule has 1 heterocycles. The first kappa shape index (κ1) is 16.7. The van der Waals surface area contributed by atoms with Gasteiger partial charge in [0.05, 0.1) is 20.3 Å². The molecule has 0 saturated heterocycles. The van der Waals surface area contributed by atoms with Gasteiger partial charge in [-0.3, -0.25) is 0 Å². The van der Waals surface area contributed by atoms with E-state index in [-0.39, 0.29) is 6.04 Å². The van der Waals surface area contributed by atoms with Crippen molar-refractivity contribution in [2.24, 2.45) is 0 Å². The minimum Gasteiger partial charge on any atom is -0.493 e. The van der Waals surface area contributed by atoms with Crippen molar-refractivity contribution >= 4 is 0 Å². The number of hydrogen-bond donors (Lipinski definition) is 1. The Morgan fingerprint density at radius 1 is 1.08 bits per heavy atom. The van der Waals surface area contributed by atoms with Gasteiger partial charge in [0.1, 0.15) is 12.4 Å². The van der Waals surface area contributed by atoms with Crippen LogP contribution in [0.4, 0.5) is 0 Å². The Morgan fingerprint density at radius 2 is 1.88 bits per heavy atom. The van der Waals surface area contributed by atoms with E-state index >= 15 is 0 Å². The number of methoxy groups -OCH3 is 2. The number of ether oxygens (including phenoxy) is 3. The zero-order chi connectivity index (χ0) is 16.9. The maximum Gasteiger partial charge on any atom is 0.161 e. The van der Waals surface area contributed by atoms with E-state index in [0.717, 1.165) is 36.6 Å². The van der Waals surface area contributed by atoms with Crippen molar-refractivity contribution in [3.8, 4) is 17.2 Å². The average molecular weight is 327 g/mol. The monoisotopic (exact) mass is 327 g/mol. The van der Waals surface area contributed by atoms with Crippen LogP contribution in [0.2, 0.25) is 0 Å². The lowest BCUT2D eigenvalue weighted by molar-refractivity contribution is 0.260. The largest absolute Gasteiger partial charge is 0.493 e. The normalized spacial score (nSPS) is 16.4. The molecule has 0 saturated carbocycles. The molecule has 2 aromatic rings. The molecule has 0 spiro atoms. The molecule has 4 nitrogen and oxygen atoms in total. The molecule has 1 N–H and O–H groups in total. The number of aryl methyl sites for hydroxylation is 1. The van der Waals surface area contributed by atoms with E-state index in [2.05, 4.69) is 36.5 Å². The van der Waals surface area contributed by atoms with Crippen molar-refractivity contribution in [1.29, 1.82) is 0 Å². The van der Waals surface area contributed by atoms with E-state index in [1.54, 1.807) is 14.2 Å². The first-order valence-electron chi connectivity index (χ1n) is 8.45. The van der Waals surface area contributed by atoms with Crippen LogP contribution in [0.1, 0.15) is 29.7 Å². The van der Waals surface area contributed by atoms with Crippen LogP contribution in [0.3, 0.4) is 0 Å². The second kappa shape index (κ2) is 7.58. The van der Waals surface area contributed by atoms with Gasteiger partial charge in [0.2, 0.25) is 0 Å².